The van der Waals surface area contributed by atoms with Gasteiger partial charge >= 0.3 is 0 Å². The van der Waals surface area contributed by atoms with Crippen molar-refractivity contribution in [2.24, 2.45) is 0 Å². The van der Waals surface area contributed by atoms with E-state index in [1.807, 2.05) is 0 Å². The summed E-state index contributed by atoms with van der Waals surface area (Å²) in [6.07, 6.45) is 1.51. The van der Waals surface area contributed by atoms with Crippen molar-refractivity contribution < 1.29 is 4.74 Å². The number of benzene rings is 2. The standard InChI is InChI=1S/C19H23NO/c1-3-21-16-17(2)20(14-18-10-6-4-7-11-18)15-19-12-8-5-9-13-19/h3-13,17H,1,14-16H2,2H3. The first kappa shape index (κ1) is 15.3. The summed E-state index contributed by atoms with van der Waals surface area (Å²) in [5.41, 5.74) is 2.64. The smallest absolute Gasteiger partial charge is 0.103 e. The fraction of sp³-hybridized carbons (Fsp3) is 0.263. The molecule has 2 aromatic rings. The van der Waals surface area contributed by atoms with Gasteiger partial charge in [0.1, 0.15) is 6.61 Å². The Kier molecular flexibility index (Phi) is 6.04. The maximum absolute atomic E-state index is 5.37. The summed E-state index contributed by atoms with van der Waals surface area (Å²) in [5, 5.41) is 0. The lowest BCUT2D eigenvalue weighted by Gasteiger charge is -2.29. The molecule has 0 aliphatic carbocycles. The predicted octanol–water partition coefficient (Wildman–Crippen LogP) is 4.24. The second kappa shape index (κ2) is 8.28. The Morgan fingerprint density at radius 1 is 0.952 bits per heavy atom. The Bertz CT molecular complexity index is 482. The van der Waals surface area contributed by atoms with Gasteiger partial charge in [-0.25, -0.2) is 0 Å². The number of rotatable bonds is 8. The number of hydrogen-bond acceptors (Lipinski definition) is 2. The van der Waals surface area contributed by atoms with Crippen LogP contribution in [0.4, 0.5) is 0 Å². The van der Waals surface area contributed by atoms with Crippen LogP contribution in [0.2, 0.25) is 0 Å². The molecule has 0 fully saturated rings. The minimum absolute atomic E-state index is 0.323. The van der Waals surface area contributed by atoms with Crippen molar-refractivity contribution >= 4 is 0 Å². The number of hydrogen-bond donors (Lipinski definition) is 0. The van der Waals surface area contributed by atoms with Gasteiger partial charge in [-0.15, -0.1) is 0 Å². The van der Waals surface area contributed by atoms with Crippen LogP contribution >= 0.6 is 0 Å². The topological polar surface area (TPSA) is 12.5 Å². The molecule has 0 bridgehead atoms. The molecule has 0 amide bonds. The molecule has 0 heterocycles. The van der Waals surface area contributed by atoms with Crippen LogP contribution in [0.3, 0.4) is 0 Å². The third-order valence-corrected chi connectivity index (χ3v) is 3.54. The summed E-state index contributed by atoms with van der Waals surface area (Å²) in [5.74, 6) is 0. The zero-order valence-electron chi connectivity index (χ0n) is 12.6. The predicted molar refractivity (Wildman–Crippen MR) is 87.7 cm³/mol. The molecule has 0 aliphatic heterocycles. The van der Waals surface area contributed by atoms with E-state index in [0.29, 0.717) is 12.6 Å². The monoisotopic (exact) mass is 281 g/mol. The van der Waals surface area contributed by atoms with Crippen LogP contribution in [0.5, 0.6) is 0 Å². The lowest BCUT2D eigenvalue weighted by Crippen LogP contribution is -2.35. The third kappa shape index (κ3) is 5.09. The number of ether oxygens (including phenoxy) is 1. The quantitative estimate of drug-likeness (QED) is 0.671. The van der Waals surface area contributed by atoms with Crippen molar-refractivity contribution in [2.45, 2.75) is 26.1 Å². The van der Waals surface area contributed by atoms with E-state index in [-0.39, 0.29) is 0 Å². The van der Waals surface area contributed by atoms with E-state index in [0.717, 1.165) is 13.1 Å². The molecule has 110 valence electrons. The van der Waals surface area contributed by atoms with Gasteiger partial charge in [0.15, 0.2) is 0 Å². The Morgan fingerprint density at radius 2 is 1.43 bits per heavy atom. The molecule has 2 rings (SSSR count). The Hall–Kier alpha value is -2.06. The van der Waals surface area contributed by atoms with Gasteiger partial charge in [-0.1, -0.05) is 67.2 Å². The fourth-order valence-electron chi connectivity index (χ4n) is 2.32. The maximum atomic E-state index is 5.37. The molecule has 1 atom stereocenters. The molecule has 0 radical (unpaired) electrons. The maximum Gasteiger partial charge on any atom is 0.103 e. The normalized spacial score (nSPS) is 12.1. The third-order valence-electron chi connectivity index (χ3n) is 3.54. The Morgan fingerprint density at radius 3 is 1.86 bits per heavy atom. The van der Waals surface area contributed by atoms with Crippen LogP contribution in [0.15, 0.2) is 73.5 Å². The Balaban J connectivity index is 2.07. The van der Waals surface area contributed by atoms with Gasteiger partial charge in [-0.3, -0.25) is 4.90 Å². The largest absolute Gasteiger partial charge is 0.500 e. The molecule has 2 aromatic carbocycles. The second-order valence-electron chi connectivity index (χ2n) is 5.23. The molecule has 2 nitrogen and oxygen atoms in total. The van der Waals surface area contributed by atoms with Crippen molar-refractivity contribution in [3.63, 3.8) is 0 Å². The Labute approximate surface area is 127 Å². The van der Waals surface area contributed by atoms with Gasteiger partial charge in [0.25, 0.3) is 0 Å². The van der Waals surface area contributed by atoms with Crippen LogP contribution in [0.25, 0.3) is 0 Å². The van der Waals surface area contributed by atoms with E-state index < -0.39 is 0 Å². The molecule has 0 N–H and O–H groups in total. The molecule has 0 saturated carbocycles. The van der Waals surface area contributed by atoms with Crippen LogP contribution in [-0.2, 0) is 17.8 Å². The van der Waals surface area contributed by atoms with E-state index >= 15 is 0 Å². The first-order valence-electron chi connectivity index (χ1n) is 7.34. The average molecular weight is 281 g/mol. The highest BCUT2D eigenvalue weighted by Crippen LogP contribution is 2.13. The molecule has 0 spiro atoms. The first-order valence-corrected chi connectivity index (χ1v) is 7.34. The summed E-state index contributed by atoms with van der Waals surface area (Å²) in [7, 11) is 0. The second-order valence-corrected chi connectivity index (χ2v) is 5.23. The van der Waals surface area contributed by atoms with Gasteiger partial charge in [0.2, 0.25) is 0 Å². The van der Waals surface area contributed by atoms with Crippen LogP contribution in [-0.4, -0.2) is 17.5 Å². The molecular formula is C19H23NO. The van der Waals surface area contributed by atoms with Crippen molar-refractivity contribution in [1.82, 2.24) is 4.90 Å². The van der Waals surface area contributed by atoms with E-state index in [4.69, 9.17) is 4.74 Å². The van der Waals surface area contributed by atoms with E-state index in [2.05, 4.69) is 79.1 Å². The SMILES string of the molecule is C=COCC(C)N(Cc1ccccc1)Cc1ccccc1. The molecule has 0 aromatic heterocycles. The summed E-state index contributed by atoms with van der Waals surface area (Å²) >= 11 is 0. The van der Waals surface area contributed by atoms with Gasteiger partial charge in [-0.2, -0.15) is 0 Å². The highest BCUT2D eigenvalue weighted by molar-refractivity contribution is 5.17. The van der Waals surface area contributed by atoms with Crippen molar-refractivity contribution in [3.8, 4) is 0 Å². The molecular weight excluding hydrogens is 258 g/mol. The molecule has 0 saturated heterocycles. The van der Waals surface area contributed by atoms with Gasteiger partial charge in [0, 0.05) is 19.1 Å². The highest BCUT2D eigenvalue weighted by atomic mass is 16.5. The van der Waals surface area contributed by atoms with Crippen molar-refractivity contribution in [2.75, 3.05) is 6.61 Å². The van der Waals surface area contributed by atoms with Crippen LogP contribution in [0, 0.1) is 0 Å². The number of nitrogens with zero attached hydrogens (tertiary/aromatic N) is 1. The van der Waals surface area contributed by atoms with Crippen molar-refractivity contribution in [1.29, 1.82) is 0 Å². The van der Waals surface area contributed by atoms with Crippen molar-refractivity contribution in [3.05, 3.63) is 84.6 Å². The van der Waals surface area contributed by atoms with Crippen LogP contribution < -0.4 is 0 Å². The molecule has 1 unspecified atom stereocenters. The summed E-state index contributed by atoms with van der Waals surface area (Å²) in [6.45, 7) is 8.29. The van der Waals surface area contributed by atoms with Crippen LogP contribution in [0.1, 0.15) is 18.1 Å². The average Bonchev–Trinajstić information content (AvgIpc) is 2.54. The van der Waals surface area contributed by atoms with E-state index in [9.17, 15) is 0 Å². The minimum atomic E-state index is 0.323. The van der Waals surface area contributed by atoms with Gasteiger partial charge in [0.05, 0.1) is 6.26 Å². The molecule has 2 heteroatoms. The first-order chi connectivity index (χ1) is 10.3. The molecule has 21 heavy (non-hydrogen) atoms. The zero-order chi connectivity index (χ0) is 14.9. The minimum Gasteiger partial charge on any atom is -0.500 e. The summed E-state index contributed by atoms with van der Waals surface area (Å²) in [4.78, 5) is 2.42. The van der Waals surface area contributed by atoms with Gasteiger partial charge < -0.3 is 4.74 Å². The zero-order valence-corrected chi connectivity index (χ0v) is 12.6. The highest BCUT2D eigenvalue weighted by Gasteiger charge is 2.15. The van der Waals surface area contributed by atoms with E-state index in [1.54, 1.807) is 0 Å². The summed E-state index contributed by atoms with van der Waals surface area (Å²) in [6, 6.07) is 21.4. The summed E-state index contributed by atoms with van der Waals surface area (Å²) < 4.78 is 5.37. The van der Waals surface area contributed by atoms with E-state index in [1.165, 1.54) is 17.4 Å². The lowest BCUT2D eigenvalue weighted by molar-refractivity contribution is 0.110. The fourth-order valence-corrected chi connectivity index (χ4v) is 2.32. The van der Waals surface area contributed by atoms with Gasteiger partial charge in [-0.05, 0) is 18.1 Å². The molecule has 0 aliphatic rings. The lowest BCUT2D eigenvalue weighted by atomic mass is 10.1.